The van der Waals surface area contributed by atoms with Crippen LogP contribution in [-0.2, 0) is 19.1 Å². The first kappa shape index (κ1) is 26.8. The molecule has 3 aliphatic heterocycles. The van der Waals surface area contributed by atoms with E-state index >= 15 is 0 Å². The molecule has 1 unspecified atom stereocenters. The maximum atomic E-state index is 13.7. The minimum atomic E-state index is -0.606. The topological polar surface area (TPSA) is 89.9 Å². The van der Waals surface area contributed by atoms with Crippen molar-refractivity contribution in [3.8, 4) is 11.5 Å². The van der Waals surface area contributed by atoms with E-state index in [0.717, 1.165) is 16.8 Å². The molecule has 1 fully saturated rings. The Kier molecular flexibility index (Phi) is 8.23. The Hall–Kier alpha value is -3.76. The number of ether oxygens (including phenoxy) is 4. The van der Waals surface area contributed by atoms with Crippen LogP contribution >= 0.6 is 11.8 Å². The molecule has 0 N–H and O–H groups in total. The quantitative estimate of drug-likeness (QED) is 0.452. The number of morpholine rings is 1. The largest absolute Gasteiger partial charge is 0.493 e. The molecule has 0 bridgehead atoms. The number of benzene rings is 2. The minimum Gasteiger partial charge on any atom is -0.493 e. The third-order valence-electron chi connectivity index (χ3n) is 6.77. The van der Waals surface area contributed by atoms with Crippen LogP contribution in [0.4, 0.5) is 0 Å². The van der Waals surface area contributed by atoms with Gasteiger partial charge in [-0.2, -0.15) is 0 Å². The van der Waals surface area contributed by atoms with Crippen molar-refractivity contribution in [2.75, 3.05) is 47.1 Å². The van der Waals surface area contributed by atoms with E-state index in [2.05, 4.69) is 0 Å². The van der Waals surface area contributed by atoms with Crippen LogP contribution in [0.1, 0.15) is 30.5 Å². The lowest BCUT2D eigenvalue weighted by atomic mass is 9.91. The van der Waals surface area contributed by atoms with Gasteiger partial charge < -0.3 is 28.7 Å². The first-order valence-corrected chi connectivity index (χ1v) is 13.7. The predicted molar refractivity (Wildman–Crippen MR) is 149 cm³/mol. The number of aliphatic imine (C=N–C) groups is 1. The highest BCUT2D eigenvalue weighted by Crippen LogP contribution is 2.48. The van der Waals surface area contributed by atoms with Crippen LogP contribution in [0.15, 0.2) is 70.2 Å². The highest BCUT2D eigenvalue weighted by molar-refractivity contribution is 8.16. The van der Waals surface area contributed by atoms with Gasteiger partial charge in [0.05, 0.1) is 57.8 Å². The van der Waals surface area contributed by atoms with E-state index in [1.54, 1.807) is 21.1 Å². The highest BCUT2D eigenvalue weighted by atomic mass is 32.2. The minimum absolute atomic E-state index is 0.00739. The lowest BCUT2D eigenvalue weighted by Gasteiger charge is -2.37. The number of hydrogen-bond acceptors (Lipinski definition) is 9. The first-order valence-electron chi connectivity index (χ1n) is 12.8. The van der Waals surface area contributed by atoms with Crippen molar-refractivity contribution in [1.29, 1.82) is 0 Å². The molecule has 2 aromatic carbocycles. The fourth-order valence-corrected chi connectivity index (χ4v) is 5.82. The zero-order chi connectivity index (χ0) is 27.4. The summed E-state index contributed by atoms with van der Waals surface area (Å²) in [5, 5.41) is 2.63. The number of methoxy groups -OCH3 is 2. The van der Waals surface area contributed by atoms with Gasteiger partial charge in [0, 0.05) is 24.4 Å². The molecular weight excluding hydrogens is 518 g/mol. The second kappa shape index (κ2) is 12.0. The Morgan fingerprint density at radius 3 is 2.49 bits per heavy atom. The van der Waals surface area contributed by atoms with Crippen LogP contribution in [-0.4, -0.2) is 74.0 Å². The zero-order valence-electron chi connectivity index (χ0n) is 22.2. The van der Waals surface area contributed by atoms with Crippen LogP contribution in [0, 0.1) is 0 Å². The van der Waals surface area contributed by atoms with Gasteiger partial charge in [-0.25, -0.2) is 9.79 Å². The van der Waals surface area contributed by atoms with Crippen LogP contribution in [0.2, 0.25) is 0 Å². The van der Waals surface area contributed by atoms with Crippen molar-refractivity contribution < 1.29 is 28.5 Å². The Morgan fingerprint density at radius 2 is 1.79 bits per heavy atom. The molecule has 204 valence electrons. The number of amidine groups is 1. The number of amides is 1. The first-order chi connectivity index (χ1) is 19.0. The molecule has 39 heavy (non-hydrogen) atoms. The van der Waals surface area contributed by atoms with Crippen LogP contribution in [0.3, 0.4) is 0 Å². The Bertz CT molecular complexity index is 1330. The van der Waals surface area contributed by atoms with Gasteiger partial charge in [-0.15, -0.1) is 0 Å². The molecule has 1 atom stereocenters. The third kappa shape index (κ3) is 5.39. The monoisotopic (exact) mass is 549 g/mol. The van der Waals surface area contributed by atoms with E-state index in [4.69, 9.17) is 23.9 Å². The van der Waals surface area contributed by atoms with Gasteiger partial charge in [0.1, 0.15) is 0 Å². The van der Waals surface area contributed by atoms with E-state index in [1.165, 1.54) is 11.8 Å². The van der Waals surface area contributed by atoms with E-state index in [9.17, 15) is 9.59 Å². The lowest BCUT2D eigenvalue weighted by Crippen LogP contribution is -2.42. The molecule has 0 aromatic heterocycles. The normalized spacial score (nSPS) is 18.8. The van der Waals surface area contributed by atoms with Gasteiger partial charge >= 0.3 is 5.97 Å². The van der Waals surface area contributed by atoms with E-state index in [-0.39, 0.29) is 18.9 Å². The fraction of sp³-hybridized carbons (Fsp3) is 0.345. The van der Waals surface area contributed by atoms with E-state index in [0.29, 0.717) is 54.2 Å². The molecule has 1 saturated heterocycles. The summed E-state index contributed by atoms with van der Waals surface area (Å²) in [5.74, 6) is 0.651. The summed E-state index contributed by atoms with van der Waals surface area (Å²) in [7, 11) is 3.15. The molecule has 3 aliphatic rings. The zero-order valence-corrected chi connectivity index (χ0v) is 23.0. The molecule has 10 heteroatoms. The number of fused-ring (bicyclic) bond motifs is 1. The molecule has 0 saturated carbocycles. The molecular formula is C29H31N3O6S. The summed E-state index contributed by atoms with van der Waals surface area (Å²) in [6, 6.07) is 14.6. The smallest absolute Gasteiger partial charge is 0.338 e. The van der Waals surface area contributed by atoms with E-state index in [1.807, 2.05) is 63.7 Å². The second-order valence-electron chi connectivity index (χ2n) is 9.03. The lowest BCUT2D eigenvalue weighted by molar-refractivity contribution is -0.139. The summed E-state index contributed by atoms with van der Waals surface area (Å²) in [4.78, 5) is 35.7. The van der Waals surface area contributed by atoms with Crippen molar-refractivity contribution >= 4 is 34.5 Å². The number of thioether (sulfide) groups is 1. The van der Waals surface area contributed by atoms with Crippen LogP contribution in [0.25, 0.3) is 5.70 Å². The van der Waals surface area contributed by atoms with Crippen LogP contribution in [0.5, 0.6) is 11.5 Å². The molecule has 9 nitrogen and oxygen atoms in total. The standard InChI is InChI=1S/C29H31N3O6S/c1-4-38-28(34)25-26(19-8-6-5-7-9-19)30-29-32(27(25)20-10-11-22(35-2)23(16-20)36-3)21(18-39-29)17-24(33)31-12-14-37-15-13-31/h5-11,16,18,27H,4,12-15,17H2,1-3H3. The average molecular weight is 550 g/mol. The molecule has 3 heterocycles. The SMILES string of the molecule is CCOC(=O)C1=C(c2ccccc2)N=C2SC=C(CC(=O)N3CCOCC3)N2C1c1ccc(OC)c(OC)c1. The van der Waals surface area contributed by atoms with Gasteiger partial charge in [0.25, 0.3) is 0 Å². The molecule has 0 radical (unpaired) electrons. The molecule has 0 aliphatic carbocycles. The second-order valence-corrected chi connectivity index (χ2v) is 9.86. The highest BCUT2D eigenvalue weighted by Gasteiger charge is 2.43. The Morgan fingerprint density at radius 1 is 1.05 bits per heavy atom. The number of carbonyl (C=O) groups is 2. The van der Waals surface area contributed by atoms with Crippen molar-refractivity contribution in [2.24, 2.45) is 4.99 Å². The molecule has 2 aromatic rings. The van der Waals surface area contributed by atoms with Gasteiger partial charge in [-0.3, -0.25) is 4.79 Å². The predicted octanol–water partition coefficient (Wildman–Crippen LogP) is 4.23. The van der Waals surface area contributed by atoms with Gasteiger partial charge in [0.15, 0.2) is 16.7 Å². The summed E-state index contributed by atoms with van der Waals surface area (Å²) in [6.45, 7) is 4.17. The summed E-state index contributed by atoms with van der Waals surface area (Å²) in [6.07, 6.45) is 0.173. The average Bonchev–Trinajstić information content (AvgIpc) is 3.38. The van der Waals surface area contributed by atoms with Gasteiger partial charge in [0.2, 0.25) is 5.91 Å². The van der Waals surface area contributed by atoms with Crippen molar-refractivity contribution in [3.63, 3.8) is 0 Å². The van der Waals surface area contributed by atoms with E-state index < -0.39 is 12.0 Å². The number of carbonyl (C=O) groups excluding carboxylic acids is 2. The number of rotatable bonds is 8. The number of nitrogens with zero attached hydrogens (tertiary/aromatic N) is 3. The van der Waals surface area contributed by atoms with Crippen molar-refractivity contribution in [2.45, 2.75) is 19.4 Å². The summed E-state index contributed by atoms with van der Waals surface area (Å²) >= 11 is 1.44. The van der Waals surface area contributed by atoms with Gasteiger partial charge in [-0.1, -0.05) is 48.2 Å². The summed E-state index contributed by atoms with van der Waals surface area (Å²) in [5.41, 5.74) is 3.29. The number of esters is 1. The fourth-order valence-electron chi connectivity index (χ4n) is 4.91. The molecule has 0 spiro atoms. The maximum absolute atomic E-state index is 13.7. The van der Waals surface area contributed by atoms with Crippen molar-refractivity contribution in [1.82, 2.24) is 9.80 Å². The van der Waals surface area contributed by atoms with Crippen molar-refractivity contribution in [3.05, 3.63) is 76.3 Å². The van der Waals surface area contributed by atoms with Crippen LogP contribution < -0.4 is 9.47 Å². The third-order valence-corrected chi connectivity index (χ3v) is 7.66. The maximum Gasteiger partial charge on any atom is 0.338 e. The summed E-state index contributed by atoms with van der Waals surface area (Å²) < 4.78 is 22.1. The number of hydrogen-bond donors (Lipinski definition) is 0. The van der Waals surface area contributed by atoms with Gasteiger partial charge in [-0.05, 0) is 30.0 Å². The Labute approximate surface area is 232 Å². The Balaban J connectivity index is 1.64. The molecule has 5 rings (SSSR count). The molecule has 1 amide bonds.